The number of anilines is 1. The fraction of sp³-hybridized carbons (Fsp3) is 0.316. The van der Waals surface area contributed by atoms with Crippen molar-refractivity contribution in [2.24, 2.45) is 0 Å². The third kappa shape index (κ3) is 8.86. The lowest BCUT2D eigenvalue weighted by molar-refractivity contribution is -0.140. The molecule has 5 rings (SSSR count). The van der Waals surface area contributed by atoms with Crippen molar-refractivity contribution in [2.75, 3.05) is 10.8 Å². The molecule has 0 saturated heterocycles. The molecule has 9 heteroatoms. The zero-order chi connectivity index (χ0) is 33.4. The van der Waals surface area contributed by atoms with Gasteiger partial charge in [-0.15, -0.1) is 0 Å². The summed E-state index contributed by atoms with van der Waals surface area (Å²) in [7, 11) is -4.19. The minimum Gasteiger partial charge on any atom is -0.352 e. The van der Waals surface area contributed by atoms with Gasteiger partial charge < -0.3 is 10.2 Å². The molecule has 0 heterocycles. The van der Waals surface area contributed by atoms with Crippen LogP contribution in [0.15, 0.2) is 108 Å². The van der Waals surface area contributed by atoms with Gasteiger partial charge in [0.15, 0.2) is 0 Å². The molecule has 7 nitrogen and oxygen atoms in total. The third-order valence-corrected chi connectivity index (χ3v) is 10.5. The first kappa shape index (κ1) is 33.9. The molecular weight excluding hydrogens is 614 g/mol. The summed E-state index contributed by atoms with van der Waals surface area (Å²) in [6.45, 7) is 3.18. The van der Waals surface area contributed by atoms with Crippen LogP contribution in [-0.2, 0) is 32.6 Å². The molecule has 4 aromatic carbocycles. The van der Waals surface area contributed by atoms with Gasteiger partial charge in [-0.05, 0) is 79.8 Å². The van der Waals surface area contributed by atoms with Gasteiger partial charge in [0, 0.05) is 19.0 Å². The van der Waals surface area contributed by atoms with Crippen LogP contribution in [0.25, 0.3) is 0 Å². The number of carbonyl (C=O) groups excluding carboxylic acids is 2. The van der Waals surface area contributed by atoms with Crippen molar-refractivity contribution in [1.82, 2.24) is 10.2 Å². The molecule has 0 aliphatic heterocycles. The normalized spacial score (nSPS) is 14.3. The Bertz CT molecular complexity index is 1760. The number of rotatable bonds is 12. The fourth-order valence-corrected chi connectivity index (χ4v) is 7.44. The Balaban J connectivity index is 1.56. The Morgan fingerprint density at radius 2 is 1.49 bits per heavy atom. The van der Waals surface area contributed by atoms with Crippen molar-refractivity contribution < 1.29 is 22.4 Å². The first-order chi connectivity index (χ1) is 22.6. The summed E-state index contributed by atoms with van der Waals surface area (Å²) in [5.41, 5.74) is 3.55. The van der Waals surface area contributed by atoms with E-state index in [4.69, 9.17) is 0 Å². The van der Waals surface area contributed by atoms with E-state index in [9.17, 15) is 22.4 Å². The second kappa shape index (κ2) is 15.4. The molecule has 1 saturated carbocycles. The number of sulfonamides is 1. The fourth-order valence-electron chi connectivity index (χ4n) is 6.03. The quantitative estimate of drug-likeness (QED) is 0.184. The van der Waals surface area contributed by atoms with Crippen LogP contribution in [0, 0.1) is 19.7 Å². The monoisotopic (exact) mass is 655 g/mol. The Labute approximate surface area is 277 Å². The Kier molecular flexibility index (Phi) is 11.1. The number of amides is 2. The van der Waals surface area contributed by atoms with E-state index in [0.29, 0.717) is 11.3 Å². The summed E-state index contributed by atoms with van der Waals surface area (Å²) in [5, 5.41) is 3.20. The molecule has 2 amide bonds. The molecule has 47 heavy (non-hydrogen) atoms. The maximum absolute atomic E-state index is 14.6. The molecule has 1 aliphatic rings. The highest BCUT2D eigenvalue weighted by Gasteiger charge is 2.35. The van der Waals surface area contributed by atoms with E-state index in [0.717, 1.165) is 53.1 Å². The van der Waals surface area contributed by atoms with Gasteiger partial charge in [-0.2, -0.15) is 0 Å². The lowest BCUT2D eigenvalue weighted by atomic mass is 9.94. The molecule has 1 N–H and O–H groups in total. The number of benzene rings is 4. The highest BCUT2D eigenvalue weighted by Crippen LogP contribution is 2.26. The minimum absolute atomic E-state index is 0.00278. The summed E-state index contributed by atoms with van der Waals surface area (Å²) in [4.78, 5) is 30.3. The largest absolute Gasteiger partial charge is 0.352 e. The summed E-state index contributed by atoms with van der Waals surface area (Å²) in [6.07, 6.45) is 5.13. The number of carbonyl (C=O) groups is 2. The van der Waals surface area contributed by atoms with Crippen molar-refractivity contribution in [3.05, 3.63) is 131 Å². The zero-order valence-corrected chi connectivity index (χ0v) is 27.8. The lowest BCUT2D eigenvalue weighted by Crippen LogP contribution is -2.55. The molecule has 0 bridgehead atoms. The van der Waals surface area contributed by atoms with Crippen LogP contribution < -0.4 is 9.62 Å². The lowest BCUT2D eigenvalue weighted by Gasteiger charge is -2.35. The van der Waals surface area contributed by atoms with Gasteiger partial charge in [0.25, 0.3) is 10.0 Å². The Morgan fingerprint density at radius 1 is 0.809 bits per heavy atom. The van der Waals surface area contributed by atoms with E-state index in [1.54, 1.807) is 42.5 Å². The number of aryl methyl sites for hydroxylation is 2. The van der Waals surface area contributed by atoms with E-state index < -0.39 is 34.3 Å². The molecule has 0 unspecified atom stereocenters. The van der Waals surface area contributed by atoms with Crippen LogP contribution in [0.5, 0.6) is 0 Å². The zero-order valence-electron chi connectivity index (χ0n) is 26.9. The van der Waals surface area contributed by atoms with Gasteiger partial charge in [-0.3, -0.25) is 13.9 Å². The molecule has 4 aromatic rings. The minimum atomic E-state index is -4.19. The maximum atomic E-state index is 14.6. The first-order valence-corrected chi connectivity index (χ1v) is 17.6. The number of hydrogen-bond donors (Lipinski definition) is 1. The number of nitrogens with zero attached hydrogens (tertiary/aromatic N) is 2. The average Bonchev–Trinajstić information content (AvgIpc) is 3.07. The van der Waals surface area contributed by atoms with E-state index in [-0.39, 0.29) is 29.8 Å². The van der Waals surface area contributed by atoms with Gasteiger partial charge >= 0.3 is 0 Å². The molecule has 0 aromatic heterocycles. The van der Waals surface area contributed by atoms with Gasteiger partial charge in [0.05, 0.1) is 10.6 Å². The second-order valence-electron chi connectivity index (χ2n) is 12.4. The topological polar surface area (TPSA) is 86.8 Å². The van der Waals surface area contributed by atoms with Gasteiger partial charge in [0.2, 0.25) is 11.8 Å². The maximum Gasteiger partial charge on any atom is 0.264 e. The van der Waals surface area contributed by atoms with Crippen LogP contribution >= 0.6 is 0 Å². The standard InChI is InChI=1S/C38H42FN3O4S/c1-28-16-22-35(23-17-28)47(45,46)42(34-15-9-10-29(2)24-34)27-37(43)41(26-31-18-20-32(39)21-19-31)36(25-30-11-5-3-6-12-30)38(44)40-33-13-7-4-8-14-33/h3,5-6,9-12,15-24,33,36H,4,7-8,13-14,25-27H2,1-2H3,(H,40,44)/t36-/m0/s1. The van der Waals surface area contributed by atoms with Crippen LogP contribution in [0.3, 0.4) is 0 Å². The molecular formula is C38H42FN3O4S. The predicted octanol–water partition coefficient (Wildman–Crippen LogP) is 6.73. The summed E-state index contributed by atoms with van der Waals surface area (Å²) in [6, 6.07) is 27.8. The van der Waals surface area contributed by atoms with Crippen LogP contribution in [0.4, 0.5) is 10.1 Å². The number of nitrogens with one attached hydrogen (secondary N) is 1. The van der Waals surface area contributed by atoms with E-state index in [2.05, 4.69) is 5.32 Å². The molecule has 0 radical (unpaired) electrons. The smallest absolute Gasteiger partial charge is 0.264 e. The van der Waals surface area contributed by atoms with Crippen molar-refractivity contribution in [3.8, 4) is 0 Å². The van der Waals surface area contributed by atoms with Crippen molar-refractivity contribution in [2.45, 2.75) is 75.9 Å². The number of halogens is 1. The highest BCUT2D eigenvalue weighted by molar-refractivity contribution is 7.92. The van der Waals surface area contributed by atoms with Crippen LogP contribution in [0.2, 0.25) is 0 Å². The van der Waals surface area contributed by atoms with Crippen molar-refractivity contribution in [1.29, 1.82) is 0 Å². The Hall–Kier alpha value is -4.50. The molecule has 0 spiro atoms. The first-order valence-electron chi connectivity index (χ1n) is 16.1. The van der Waals surface area contributed by atoms with Gasteiger partial charge in [0.1, 0.15) is 18.4 Å². The summed E-state index contributed by atoms with van der Waals surface area (Å²) < 4.78 is 43.4. The van der Waals surface area contributed by atoms with Gasteiger partial charge in [-0.1, -0.05) is 91.6 Å². The summed E-state index contributed by atoms with van der Waals surface area (Å²) >= 11 is 0. The third-order valence-electron chi connectivity index (χ3n) is 8.67. The SMILES string of the molecule is Cc1ccc(S(=O)(=O)N(CC(=O)N(Cc2ccc(F)cc2)[C@@H](Cc2ccccc2)C(=O)NC2CCCCC2)c2cccc(C)c2)cc1. The van der Waals surface area contributed by atoms with Crippen molar-refractivity contribution >= 4 is 27.5 Å². The van der Waals surface area contributed by atoms with Crippen LogP contribution in [0.1, 0.15) is 54.4 Å². The van der Waals surface area contributed by atoms with E-state index >= 15 is 0 Å². The number of hydrogen-bond acceptors (Lipinski definition) is 4. The Morgan fingerprint density at radius 3 is 2.15 bits per heavy atom. The van der Waals surface area contributed by atoms with Gasteiger partial charge in [-0.25, -0.2) is 12.8 Å². The van der Waals surface area contributed by atoms with Crippen LogP contribution in [-0.4, -0.2) is 43.8 Å². The van der Waals surface area contributed by atoms with E-state index in [1.165, 1.54) is 29.2 Å². The van der Waals surface area contributed by atoms with E-state index in [1.807, 2.05) is 50.2 Å². The predicted molar refractivity (Wildman–Crippen MR) is 183 cm³/mol. The second-order valence-corrected chi connectivity index (χ2v) is 14.2. The molecule has 1 fully saturated rings. The summed E-state index contributed by atoms with van der Waals surface area (Å²) in [5.74, 6) is -1.26. The van der Waals surface area contributed by atoms with Crippen molar-refractivity contribution in [3.63, 3.8) is 0 Å². The molecule has 1 aliphatic carbocycles. The highest BCUT2D eigenvalue weighted by atomic mass is 32.2. The average molecular weight is 656 g/mol. The molecule has 1 atom stereocenters. The molecule has 246 valence electrons.